The lowest BCUT2D eigenvalue weighted by atomic mass is 10.4. The number of aromatic amines is 1. The van der Waals surface area contributed by atoms with Crippen molar-refractivity contribution >= 4 is 0 Å². The van der Waals surface area contributed by atoms with Gasteiger partial charge < -0.3 is 9.40 Å². The van der Waals surface area contributed by atoms with Crippen LogP contribution in [0.3, 0.4) is 0 Å². The molecule has 0 fully saturated rings. The molecule has 1 N–H and O–H groups in total. The lowest BCUT2D eigenvalue weighted by Crippen LogP contribution is -2.08. The zero-order valence-electron chi connectivity index (χ0n) is 8.00. The molecule has 0 aliphatic rings. The molecule has 0 aromatic carbocycles. The summed E-state index contributed by atoms with van der Waals surface area (Å²) in [7, 11) is 0. The van der Waals surface area contributed by atoms with Crippen LogP contribution in [0.25, 0.3) is 11.6 Å². The third kappa shape index (κ3) is 1.59. The maximum Gasteiger partial charge on any atom is 0.251 e. The number of nitrogens with zero attached hydrogens (tertiary/aromatic N) is 1. The number of aryl methyl sites for hydroxylation is 2. The Morgan fingerprint density at radius 1 is 1.36 bits per heavy atom. The Kier molecular flexibility index (Phi) is 1.96. The van der Waals surface area contributed by atoms with Crippen molar-refractivity contribution in [1.29, 1.82) is 0 Å². The summed E-state index contributed by atoms with van der Waals surface area (Å²) in [5, 5.41) is 0. The van der Waals surface area contributed by atoms with E-state index in [1.54, 1.807) is 13.0 Å². The molecule has 0 aliphatic carbocycles. The van der Waals surface area contributed by atoms with E-state index < -0.39 is 0 Å². The molecule has 0 atom stereocenters. The van der Waals surface area contributed by atoms with Crippen molar-refractivity contribution < 1.29 is 4.42 Å². The number of aromatic nitrogens is 2. The Labute approximate surface area is 80.6 Å². The maximum absolute atomic E-state index is 11.2. The van der Waals surface area contributed by atoms with Gasteiger partial charge in [0.2, 0.25) is 0 Å². The van der Waals surface area contributed by atoms with Crippen LogP contribution >= 0.6 is 0 Å². The smallest absolute Gasteiger partial charge is 0.251 e. The molecule has 0 aliphatic heterocycles. The first kappa shape index (κ1) is 8.74. The number of H-pyrrole nitrogens is 1. The molecule has 0 unspecified atom stereocenters. The molecule has 0 amide bonds. The van der Waals surface area contributed by atoms with E-state index in [1.165, 1.54) is 6.07 Å². The highest BCUT2D eigenvalue weighted by molar-refractivity contribution is 5.46. The first-order valence-corrected chi connectivity index (χ1v) is 4.30. The minimum Gasteiger partial charge on any atom is -0.458 e. The van der Waals surface area contributed by atoms with Gasteiger partial charge in [0, 0.05) is 11.8 Å². The van der Waals surface area contributed by atoms with Crippen molar-refractivity contribution in [2.24, 2.45) is 0 Å². The molecule has 0 saturated heterocycles. The SMILES string of the molecule is Cc1cc(=O)[nH]c(-c2ccc(C)o2)n1. The second kappa shape index (κ2) is 3.14. The predicted molar refractivity (Wildman–Crippen MR) is 52.0 cm³/mol. The van der Waals surface area contributed by atoms with E-state index in [0.29, 0.717) is 17.3 Å². The summed E-state index contributed by atoms with van der Waals surface area (Å²) in [4.78, 5) is 17.9. The van der Waals surface area contributed by atoms with Crippen molar-refractivity contribution in [2.75, 3.05) is 0 Å². The first-order valence-electron chi connectivity index (χ1n) is 4.30. The van der Waals surface area contributed by atoms with Gasteiger partial charge in [-0.2, -0.15) is 0 Å². The number of hydrogen-bond acceptors (Lipinski definition) is 3. The molecule has 4 nitrogen and oxygen atoms in total. The van der Waals surface area contributed by atoms with E-state index in [2.05, 4.69) is 9.97 Å². The van der Waals surface area contributed by atoms with Crippen LogP contribution in [-0.4, -0.2) is 9.97 Å². The quantitative estimate of drug-likeness (QED) is 0.743. The molecule has 4 heteroatoms. The molecule has 0 spiro atoms. The molecular weight excluding hydrogens is 180 g/mol. The van der Waals surface area contributed by atoms with Gasteiger partial charge in [0.1, 0.15) is 5.76 Å². The van der Waals surface area contributed by atoms with Crippen LogP contribution in [0.4, 0.5) is 0 Å². The van der Waals surface area contributed by atoms with E-state index in [4.69, 9.17) is 4.42 Å². The molecule has 0 bridgehead atoms. The van der Waals surface area contributed by atoms with Crippen LogP contribution in [0.1, 0.15) is 11.5 Å². The summed E-state index contributed by atoms with van der Waals surface area (Å²) < 4.78 is 5.35. The van der Waals surface area contributed by atoms with Crippen LogP contribution in [0.2, 0.25) is 0 Å². The number of nitrogens with one attached hydrogen (secondary N) is 1. The average molecular weight is 190 g/mol. The van der Waals surface area contributed by atoms with Gasteiger partial charge in [0.05, 0.1) is 0 Å². The summed E-state index contributed by atoms with van der Waals surface area (Å²) in [5.41, 5.74) is 0.513. The molecule has 2 heterocycles. The number of hydrogen-bond donors (Lipinski definition) is 1. The van der Waals surface area contributed by atoms with E-state index in [1.807, 2.05) is 13.0 Å². The van der Waals surface area contributed by atoms with Gasteiger partial charge in [-0.25, -0.2) is 4.98 Å². The Balaban J connectivity index is 2.56. The average Bonchev–Trinajstić information content (AvgIpc) is 2.50. The fourth-order valence-corrected chi connectivity index (χ4v) is 1.26. The summed E-state index contributed by atoms with van der Waals surface area (Å²) in [6.45, 7) is 3.62. The van der Waals surface area contributed by atoms with Crippen LogP contribution in [-0.2, 0) is 0 Å². The van der Waals surface area contributed by atoms with E-state index in [-0.39, 0.29) is 5.56 Å². The van der Waals surface area contributed by atoms with E-state index >= 15 is 0 Å². The lowest BCUT2D eigenvalue weighted by Gasteiger charge is -1.96. The molecule has 2 rings (SSSR count). The van der Waals surface area contributed by atoms with Gasteiger partial charge in [-0.3, -0.25) is 4.79 Å². The van der Waals surface area contributed by atoms with Crippen LogP contribution in [0, 0.1) is 13.8 Å². The van der Waals surface area contributed by atoms with Gasteiger partial charge in [-0.1, -0.05) is 0 Å². The predicted octanol–water partition coefficient (Wildman–Crippen LogP) is 1.65. The van der Waals surface area contributed by atoms with Crippen molar-refractivity contribution in [2.45, 2.75) is 13.8 Å². The summed E-state index contributed by atoms with van der Waals surface area (Å²) in [6, 6.07) is 5.06. The summed E-state index contributed by atoms with van der Waals surface area (Å²) in [5.74, 6) is 1.86. The highest BCUT2D eigenvalue weighted by atomic mass is 16.3. The molecule has 14 heavy (non-hydrogen) atoms. The largest absolute Gasteiger partial charge is 0.458 e. The Morgan fingerprint density at radius 2 is 2.14 bits per heavy atom. The highest BCUT2D eigenvalue weighted by Crippen LogP contribution is 2.16. The third-order valence-electron chi connectivity index (χ3n) is 1.84. The van der Waals surface area contributed by atoms with E-state index in [0.717, 1.165) is 5.76 Å². The Bertz CT molecular complexity index is 511. The minimum absolute atomic E-state index is 0.165. The fourth-order valence-electron chi connectivity index (χ4n) is 1.26. The molecule has 2 aromatic heterocycles. The zero-order chi connectivity index (χ0) is 10.1. The summed E-state index contributed by atoms with van der Waals surface area (Å²) >= 11 is 0. The van der Waals surface area contributed by atoms with Crippen LogP contribution in [0.15, 0.2) is 27.4 Å². The minimum atomic E-state index is -0.165. The van der Waals surface area contributed by atoms with Crippen LogP contribution < -0.4 is 5.56 Å². The lowest BCUT2D eigenvalue weighted by molar-refractivity contribution is 0.543. The Hall–Kier alpha value is -1.84. The van der Waals surface area contributed by atoms with Crippen molar-refractivity contribution in [3.05, 3.63) is 40.0 Å². The second-order valence-corrected chi connectivity index (χ2v) is 3.15. The molecule has 72 valence electrons. The molecule has 2 aromatic rings. The standard InChI is InChI=1S/C10H10N2O2/c1-6-5-9(13)12-10(11-6)8-4-3-7(2)14-8/h3-5H,1-2H3,(H,11,12,13). The van der Waals surface area contributed by atoms with E-state index in [9.17, 15) is 4.79 Å². The number of rotatable bonds is 1. The first-order chi connectivity index (χ1) is 6.65. The third-order valence-corrected chi connectivity index (χ3v) is 1.84. The van der Waals surface area contributed by atoms with Gasteiger partial charge in [0.15, 0.2) is 11.6 Å². The topological polar surface area (TPSA) is 58.9 Å². The second-order valence-electron chi connectivity index (χ2n) is 3.15. The molecule has 0 saturated carbocycles. The summed E-state index contributed by atoms with van der Waals surface area (Å²) in [6.07, 6.45) is 0. The highest BCUT2D eigenvalue weighted by Gasteiger charge is 2.05. The van der Waals surface area contributed by atoms with Gasteiger partial charge in [-0.05, 0) is 26.0 Å². The monoisotopic (exact) mass is 190 g/mol. The van der Waals surface area contributed by atoms with Crippen LogP contribution in [0.5, 0.6) is 0 Å². The molecule has 0 radical (unpaired) electrons. The normalized spacial score (nSPS) is 10.4. The maximum atomic E-state index is 11.2. The number of furan rings is 1. The van der Waals surface area contributed by atoms with Crippen molar-refractivity contribution in [3.8, 4) is 11.6 Å². The van der Waals surface area contributed by atoms with Gasteiger partial charge >= 0.3 is 0 Å². The Morgan fingerprint density at radius 3 is 2.71 bits per heavy atom. The van der Waals surface area contributed by atoms with Gasteiger partial charge in [0.25, 0.3) is 5.56 Å². The molecular formula is C10H10N2O2. The van der Waals surface area contributed by atoms with Crippen molar-refractivity contribution in [1.82, 2.24) is 9.97 Å². The van der Waals surface area contributed by atoms with Crippen molar-refractivity contribution in [3.63, 3.8) is 0 Å². The fraction of sp³-hybridized carbons (Fsp3) is 0.200. The van der Waals surface area contributed by atoms with Gasteiger partial charge in [-0.15, -0.1) is 0 Å². The zero-order valence-corrected chi connectivity index (χ0v) is 8.00.